The van der Waals surface area contributed by atoms with Crippen LogP contribution in [-0.4, -0.2) is 48.5 Å². The Morgan fingerprint density at radius 1 is 1.21 bits per heavy atom. The van der Waals surface area contributed by atoms with Gasteiger partial charge in [-0.15, -0.1) is 0 Å². The minimum absolute atomic E-state index is 0.0248. The summed E-state index contributed by atoms with van der Waals surface area (Å²) in [4.78, 5) is 11.2. The molecule has 1 aliphatic heterocycles. The van der Waals surface area contributed by atoms with Crippen LogP contribution in [0, 0.1) is 6.92 Å². The topological polar surface area (TPSA) is 75.2 Å². The van der Waals surface area contributed by atoms with Gasteiger partial charge in [-0.2, -0.15) is 0 Å². The molecule has 1 N–H and O–H groups in total. The summed E-state index contributed by atoms with van der Waals surface area (Å²) in [6.07, 6.45) is 6.94. The Hall–Kier alpha value is -1.37. The largest absolute Gasteiger partial charge is 0.367 e. The van der Waals surface area contributed by atoms with E-state index in [0.29, 0.717) is 12.5 Å². The fourth-order valence-electron chi connectivity index (χ4n) is 3.86. The number of aryl methyl sites for hydroxylation is 1. The maximum absolute atomic E-state index is 11.8. The number of aromatic nitrogens is 2. The van der Waals surface area contributed by atoms with Crippen molar-refractivity contribution in [3.8, 4) is 0 Å². The number of anilines is 2. The van der Waals surface area contributed by atoms with Crippen LogP contribution in [0.4, 0.5) is 11.6 Å². The van der Waals surface area contributed by atoms with Crippen molar-refractivity contribution < 1.29 is 8.42 Å². The molecule has 0 radical (unpaired) electrons. The zero-order valence-corrected chi connectivity index (χ0v) is 15.5. The summed E-state index contributed by atoms with van der Waals surface area (Å²) >= 11 is 0. The summed E-state index contributed by atoms with van der Waals surface area (Å²) in [6, 6.07) is 2.50. The zero-order valence-electron chi connectivity index (χ0n) is 14.7. The smallest absolute Gasteiger partial charge is 0.152 e. The fraction of sp³-hybridized carbons (Fsp3) is 0.765. The fourth-order valence-corrected chi connectivity index (χ4v) is 5.59. The van der Waals surface area contributed by atoms with Gasteiger partial charge in [0.2, 0.25) is 0 Å². The van der Waals surface area contributed by atoms with Gasteiger partial charge in [0, 0.05) is 24.7 Å². The third-order valence-electron chi connectivity index (χ3n) is 5.07. The molecule has 0 spiro atoms. The minimum atomic E-state index is -2.90. The lowest BCUT2D eigenvalue weighted by atomic mass is 9.95. The molecule has 1 aromatic heterocycles. The molecule has 1 aromatic rings. The minimum Gasteiger partial charge on any atom is -0.367 e. The lowest BCUT2D eigenvalue weighted by Gasteiger charge is -2.29. The van der Waals surface area contributed by atoms with Gasteiger partial charge in [-0.05, 0) is 33.1 Å². The molecule has 1 aliphatic carbocycles. The molecule has 1 unspecified atom stereocenters. The Morgan fingerprint density at radius 3 is 2.58 bits per heavy atom. The molecule has 3 rings (SSSR count). The first-order valence-corrected chi connectivity index (χ1v) is 10.9. The number of hydrogen-bond acceptors (Lipinski definition) is 6. The molecular formula is C17H28N4O2S. The normalized spacial score (nSPS) is 24.0. The van der Waals surface area contributed by atoms with Crippen molar-refractivity contribution in [3.05, 3.63) is 11.9 Å². The van der Waals surface area contributed by atoms with E-state index < -0.39 is 9.84 Å². The van der Waals surface area contributed by atoms with Crippen LogP contribution in [0.2, 0.25) is 0 Å². The van der Waals surface area contributed by atoms with Crippen molar-refractivity contribution in [2.24, 2.45) is 0 Å². The first-order valence-electron chi connectivity index (χ1n) is 9.06. The van der Waals surface area contributed by atoms with Crippen molar-refractivity contribution in [3.63, 3.8) is 0 Å². The number of rotatable bonds is 5. The second kappa shape index (κ2) is 7.25. The maximum Gasteiger partial charge on any atom is 0.152 e. The Morgan fingerprint density at radius 2 is 1.96 bits per heavy atom. The highest BCUT2D eigenvalue weighted by Crippen LogP contribution is 2.26. The molecule has 134 valence electrons. The third kappa shape index (κ3) is 4.18. The van der Waals surface area contributed by atoms with Crippen LogP contribution in [0.1, 0.15) is 51.3 Å². The van der Waals surface area contributed by atoms with Crippen LogP contribution in [0.25, 0.3) is 0 Å². The van der Waals surface area contributed by atoms with E-state index in [1.165, 1.54) is 32.1 Å². The zero-order chi connectivity index (χ0) is 17.2. The Bertz CT molecular complexity index is 671. The summed E-state index contributed by atoms with van der Waals surface area (Å²) in [5.41, 5.74) is 0. The first-order chi connectivity index (χ1) is 11.5. The van der Waals surface area contributed by atoms with Crippen LogP contribution < -0.4 is 10.2 Å². The van der Waals surface area contributed by atoms with Crippen LogP contribution in [-0.2, 0) is 9.84 Å². The third-order valence-corrected chi connectivity index (χ3v) is 6.82. The molecule has 24 heavy (non-hydrogen) atoms. The molecule has 7 heteroatoms. The average Bonchev–Trinajstić information content (AvgIpc) is 2.88. The van der Waals surface area contributed by atoms with Crippen molar-refractivity contribution >= 4 is 21.5 Å². The quantitative estimate of drug-likeness (QED) is 0.878. The standard InChI is InChI=1S/C17H28N4O2S/c1-3-21(15-9-10-24(22,23)12-15)17-11-16(18-13(2)19-17)20-14-7-5-4-6-8-14/h11,14-15H,3-10,12H2,1-2H3,(H,18,19,20). The van der Waals surface area contributed by atoms with Gasteiger partial charge in [0.25, 0.3) is 0 Å². The van der Waals surface area contributed by atoms with Gasteiger partial charge in [0.05, 0.1) is 11.5 Å². The summed E-state index contributed by atoms with van der Waals surface area (Å²) in [5, 5.41) is 3.55. The molecule has 0 aromatic carbocycles. The number of nitrogens with zero attached hydrogens (tertiary/aromatic N) is 3. The molecule has 2 heterocycles. The number of nitrogens with one attached hydrogen (secondary N) is 1. The molecule has 0 bridgehead atoms. The van der Waals surface area contributed by atoms with Crippen LogP contribution >= 0.6 is 0 Å². The van der Waals surface area contributed by atoms with Crippen molar-refractivity contribution in [1.29, 1.82) is 0 Å². The van der Waals surface area contributed by atoms with E-state index in [-0.39, 0.29) is 17.5 Å². The van der Waals surface area contributed by atoms with E-state index in [1.807, 2.05) is 13.0 Å². The Balaban J connectivity index is 1.78. The van der Waals surface area contributed by atoms with Gasteiger partial charge in [0.1, 0.15) is 17.5 Å². The predicted molar refractivity (Wildman–Crippen MR) is 97.3 cm³/mol. The van der Waals surface area contributed by atoms with E-state index in [0.717, 1.165) is 24.0 Å². The maximum atomic E-state index is 11.8. The van der Waals surface area contributed by atoms with Gasteiger partial charge in [0.15, 0.2) is 9.84 Å². The van der Waals surface area contributed by atoms with Crippen LogP contribution in [0.5, 0.6) is 0 Å². The average molecular weight is 353 g/mol. The molecule has 2 aliphatic rings. The summed E-state index contributed by atoms with van der Waals surface area (Å²) < 4.78 is 23.6. The lowest BCUT2D eigenvalue weighted by Crippen LogP contribution is -2.37. The highest BCUT2D eigenvalue weighted by atomic mass is 32.2. The van der Waals surface area contributed by atoms with Crippen LogP contribution in [0.15, 0.2) is 6.07 Å². The van der Waals surface area contributed by atoms with E-state index in [1.54, 1.807) is 0 Å². The van der Waals surface area contributed by atoms with E-state index in [4.69, 9.17) is 0 Å². The van der Waals surface area contributed by atoms with Gasteiger partial charge in [-0.1, -0.05) is 19.3 Å². The molecule has 6 nitrogen and oxygen atoms in total. The lowest BCUT2D eigenvalue weighted by molar-refractivity contribution is 0.461. The summed E-state index contributed by atoms with van der Waals surface area (Å²) in [7, 11) is -2.90. The highest BCUT2D eigenvalue weighted by molar-refractivity contribution is 7.91. The van der Waals surface area contributed by atoms with E-state index in [2.05, 4.69) is 27.1 Å². The number of hydrogen-bond donors (Lipinski definition) is 1. The van der Waals surface area contributed by atoms with Gasteiger partial charge < -0.3 is 10.2 Å². The Labute approximate surface area is 145 Å². The number of sulfone groups is 1. The molecule has 1 atom stereocenters. The van der Waals surface area contributed by atoms with E-state index in [9.17, 15) is 8.42 Å². The predicted octanol–water partition coefficient (Wildman–Crippen LogP) is 2.54. The highest BCUT2D eigenvalue weighted by Gasteiger charge is 2.32. The molecule has 2 fully saturated rings. The monoisotopic (exact) mass is 352 g/mol. The van der Waals surface area contributed by atoms with Crippen molar-refractivity contribution in [2.75, 3.05) is 28.3 Å². The van der Waals surface area contributed by atoms with Crippen molar-refractivity contribution in [2.45, 2.75) is 64.5 Å². The summed E-state index contributed by atoms with van der Waals surface area (Å²) in [6.45, 7) is 4.70. The van der Waals surface area contributed by atoms with Gasteiger partial charge >= 0.3 is 0 Å². The molecular weight excluding hydrogens is 324 g/mol. The van der Waals surface area contributed by atoms with Crippen molar-refractivity contribution in [1.82, 2.24) is 9.97 Å². The molecule has 1 saturated carbocycles. The second-order valence-electron chi connectivity index (χ2n) is 6.98. The second-order valence-corrected chi connectivity index (χ2v) is 9.21. The Kier molecular flexibility index (Phi) is 5.27. The first kappa shape index (κ1) is 17.5. The van der Waals surface area contributed by atoms with Gasteiger partial charge in [-0.3, -0.25) is 0 Å². The molecule has 1 saturated heterocycles. The van der Waals surface area contributed by atoms with E-state index >= 15 is 0 Å². The van der Waals surface area contributed by atoms with Crippen LogP contribution in [0.3, 0.4) is 0 Å². The SMILES string of the molecule is CCN(c1cc(NC2CCCCC2)nc(C)n1)C1CCS(=O)(=O)C1. The summed E-state index contributed by atoms with van der Waals surface area (Å²) in [5.74, 6) is 2.94. The molecule has 0 amide bonds. The van der Waals surface area contributed by atoms with Gasteiger partial charge in [-0.25, -0.2) is 18.4 Å².